The lowest BCUT2D eigenvalue weighted by atomic mass is 9.91. The van der Waals surface area contributed by atoms with Gasteiger partial charge in [-0.05, 0) is 25.1 Å². The van der Waals surface area contributed by atoms with E-state index in [4.69, 9.17) is 4.74 Å². The van der Waals surface area contributed by atoms with Crippen LogP contribution in [0, 0.1) is 5.82 Å². The first-order chi connectivity index (χ1) is 11.0. The maximum absolute atomic E-state index is 13.2. The van der Waals surface area contributed by atoms with E-state index in [9.17, 15) is 14.3 Å². The van der Waals surface area contributed by atoms with Crippen molar-refractivity contribution in [3.8, 4) is 5.75 Å². The summed E-state index contributed by atoms with van der Waals surface area (Å²) in [5.74, 6) is -0.246. The fraction of sp³-hybridized carbons (Fsp3) is 0.375. The predicted octanol–water partition coefficient (Wildman–Crippen LogP) is 1.59. The number of aromatic amines is 1. The van der Waals surface area contributed by atoms with Crippen molar-refractivity contribution in [3.63, 3.8) is 0 Å². The molecule has 1 aromatic carbocycles. The number of β-amino-alcohol motifs (C(OH)–C–C–N with tert-alkyl or cyclic N) is 1. The van der Waals surface area contributed by atoms with Crippen LogP contribution in [0.3, 0.4) is 0 Å². The highest BCUT2D eigenvalue weighted by Gasteiger charge is 2.41. The van der Waals surface area contributed by atoms with E-state index in [1.165, 1.54) is 18.3 Å². The lowest BCUT2D eigenvalue weighted by molar-refractivity contribution is -0.0900. The van der Waals surface area contributed by atoms with E-state index in [2.05, 4.69) is 10.2 Å². The van der Waals surface area contributed by atoms with E-state index < -0.39 is 17.5 Å². The van der Waals surface area contributed by atoms with E-state index in [1.54, 1.807) is 30.0 Å². The average Bonchev–Trinajstić information content (AvgIpc) is 3.02. The van der Waals surface area contributed by atoms with Gasteiger partial charge in [0.1, 0.15) is 29.0 Å². The Morgan fingerprint density at radius 3 is 3.00 bits per heavy atom. The second-order valence-corrected chi connectivity index (χ2v) is 5.91. The topological polar surface area (TPSA) is 78.5 Å². The SMILES string of the molecule is C[C@]1(O)CN(C(=O)c2ccn[nH]2)CC[C@@H]1Oc1cccc(F)c1. The van der Waals surface area contributed by atoms with Crippen molar-refractivity contribution in [2.24, 2.45) is 0 Å². The van der Waals surface area contributed by atoms with E-state index in [0.29, 0.717) is 24.4 Å². The molecule has 1 aliphatic rings. The number of hydrogen-bond donors (Lipinski definition) is 2. The number of H-pyrrole nitrogens is 1. The summed E-state index contributed by atoms with van der Waals surface area (Å²) < 4.78 is 19.0. The Morgan fingerprint density at radius 1 is 1.52 bits per heavy atom. The molecule has 0 radical (unpaired) electrons. The molecule has 0 spiro atoms. The summed E-state index contributed by atoms with van der Waals surface area (Å²) in [5.41, 5.74) is -0.856. The minimum Gasteiger partial charge on any atom is -0.487 e. The molecule has 1 saturated heterocycles. The standard InChI is InChI=1S/C16H18FN3O3/c1-16(22)10-20(15(21)13-5-7-18-19-13)8-6-14(16)23-12-4-2-3-11(17)9-12/h2-5,7,9,14,22H,6,8,10H2,1H3,(H,18,19)/t14-,16-/m0/s1. The van der Waals surface area contributed by atoms with E-state index >= 15 is 0 Å². The van der Waals surface area contributed by atoms with E-state index in [-0.39, 0.29) is 12.5 Å². The van der Waals surface area contributed by atoms with Crippen LogP contribution in [0.25, 0.3) is 0 Å². The maximum Gasteiger partial charge on any atom is 0.271 e. The normalized spacial score (nSPS) is 24.5. The summed E-state index contributed by atoms with van der Waals surface area (Å²) in [6, 6.07) is 7.39. The molecular weight excluding hydrogens is 301 g/mol. The number of amides is 1. The fourth-order valence-corrected chi connectivity index (χ4v) is 2.76. The highest BCUT2D eigenvalue weighted by molar-refractivity contribution is 5.92. The third-order valence-corrected chi connectivity index (χ3v) is 3.96. The van der Waals surface area contributed by atoms with Crippen molar-refractivity contribution in [1.82, 2.24) is 15.1 Å². The van der Waals surface area contributed by atoms with Crippen molar-refractivity contribution in [1.29, 1.82) is 0 Å². The number of halogens is 1. The summed E-state index contributed by atoms with van der Waals surface area (Å²) in [5, 5.41) is 17.0. The smallest absolute Gasteiger partial charge is 0.271 e. The third-order valence-electron chi connectivity index (χ3n) is 3.96. The fourth-order valence-electron chi connectivity index (χ4n) is 2.76. The number of likely N-dealkylation sites (tertiary alicyclic amines) is 1. The summed E-state index contributed by atoms with van der Waals surface area (Å²) in [7, 11) is 0. The first kappa shape index (κ1) is 15.5. The largest absolute Gasteiger partial charge is 0.487 e. The Balaban J connectivity index is 1.69. The van der Waals surface area contributed by atoms with Crippen LogP contribution in [0.2, 0.25) is 0 Å². The molecule has 23 heavy (non-hydrogen) atoms. The Morgan fingerprint density at radius 2 is 2.35 bits per heavy atom. The second kappa shape index (κ2) is 6.00. The van der Waals surface area contributed by atoms with E-state index in [1.807, 2.05) is 0 Å². The van der Waals surface area contributed by atoms with Crippen molar-refractivity contribution in [3.05, 3.63) is 48.0 Å². The van der Waals surface area contributed by atoms with Gasteiger partial charge in [-0.15, -0.1) is 0 Å². The highest BCUT2D eigenvalue weighted by atomic mass is 19.1. The van der Waals surface area contributed by atoms with Crippen molar-refractivity contribution in [2.75, 3.05) is 13.1 Å². The van der Waals surface area contributed by atoms with Crippen LogP contribution in [-0.4, -0.2) is 50.9 Å². The molecule has 1 aromatic heterocycles. The van der Waals surface area contributed by atoms with Gasteiger partial charge in [-0.3, -0.25) is 9.89 Å². The average molecular weight is 319 g/mol. The Bertz CT molecular complexity index is 688. The minimum atomic E-state index is -1.24. The lowest BCUT2D eigenvalue weighted by Crippen LogP contribution is -2.58. The number of nitrogens with one attached hydrogen (secondary N) is 1. The zero-order valence-electron chi connectivity index (χ0n) is 12.7. The van der Waals surface area contributed by atoms with Crippen molar-refractivity contribution in [2.45, 2.75) is 25.0 Å². The van der Waals surface area contributed by atoms with Gasteiger partial charge in [0.2, 0.25) is 0 Å². The summed E-state index contributed by atoms with van der Waals surface area (Å²) in [6.45, 7) is 2.18. The number of hydrogen-bond acceptors (Lipinski definition) is 4. The quantitative estimate of drug-likeness (QED) is 0.900. The molecule has 6 nitrogen and oxygen atoms in total. The maximum atomic E-state index is 13.2. The number of aromatic nitrogens is 2. The van der Waals surface area contributed by atoms with Gasteiger partial charge in [0.15, 0.2) is 0 Å². The number of nitrogens with zero attached hydrogens (tertiary/aromatic N) is 2. The summed E-state index contributed by atoms with van der Waals surface area (Å²) >= 11 is 0. The molecule has 0 aliphatic carbocycles. The van der Waals surface area contributed by atoms with Gasteiger partial charge in [-0.25, -0.2) is 4.39 Å². The molecule has 2 atom stereocenters. The van der Waals surface area contributed by atoms with Crippen molar-refractivity contribution >= 4 is 5.91 Å². The number of piperidine rings is 1. The monoisotopic (exact) mass is 319 g/mol. The molecule has 1 aliphatic heterocycles. The Labute approximate surface area is 132 Å². The first-order valence-corrected chi connectivity index (χ1v) is 7.39. The number of rotatable bonds is 3. The van der Waals surface area contributed by atoms with Gasteiger partial charge < -0.3 is 14.7 Å². The number of benzene rings is 1. The minimum absolute atomic E-state index is 0.130. The van der Waals surface area contributed by atoms with Gasteiger partial charge in [0.05, 0.1) is 6.54 Å². The summed E-state index contributed by atoms with van der Waals surface area (Å²) in [4.78, 5) is 13.9. The molecular formula is C16H18FN3O3. The molecule has 0 unspecified atom stereocenters. The molecule has 7 heteroatoms. The molecule has 1 fully saturated rings. The van der Waals surface area contributed by atoms with Crippen molar-refractivity contribution < 1.29 is 19.0 Å². The molecule has 1 amide bonds. The molecule has 0 bridgehead atoms. The number of ether oxygens (including phenoxy) is 1. The van der Waals surface area contributed by atoms with Crippen LogP contribution in [0.15, 0.2) is 36.5 Å². The molecule has 0 saturated carbocycles. The predicted molar refractivity (Wildman–Crippen MR) is 80.5 cm³/mol. The zero-order valence-corrected chi connectivity index (χ0v) is 12.7. The van der Waals surface area contributed by atoms with Crippen LogP contribution < -0.4 is 4.74 Å². The third kappa shape index (κ3) is 3.34. The van der Waals surface area contributed by atoms with Crippen LogP contribution in [0.4, 0.5) is 4.39 Å². The van der Waals surface area contributed by atoms with Crippen LogP contribution in [0.1, 0.15) is 23.8 Å². The van der Waals surface area contributed by atoms with Gasteiger partial charge in [-0.2, -0.15) is 5.10 Å². The zero-order chi connectivity index (χ0) is 16.4. The Kier molecular flexibility index (Phi) is 4.04. The van der Waals surface area contributed by atoms with Gasteiger partial charge in [0, 0.05) is 25.2 Å². The van der Waals surface area contributed by atoms with Gasteiger partial charge >= 0.3 is 0 Å². The van der Waals surface area contributed by atoms with Gasteiger partial charge in [0.25, 0.3) is 5.91 Å². The Hall–Kier alpha value is -2.41. The molecule has 122 valence electrons. The van der Waals surface area contributed by atoms with E-state index in [0.717, 1.165) is 0 Å². The molecule has 2 N–H and O–H groups in total. The molecule has 2 heterocycles. The number of carbonyl (C=O) groups is 1. The number of aliphatic hydroxyl groups is 1. The molecule has 3 rings (SSSR count). The number of carbonyl (C=O) groups excluding carboxylic acids is 1. The highest BCUT2D eigenvalue weighted by Crippen LogP contribution is 2.27. The van der Waals surface area contributed by atoms with Crippen LogP contribution >= 0.6 is 0 Å². The van der Waals surface area contributed by atoms with Crippen LogP contribution in [-0.2, 0) is 0 Å². The lowest BCUT2D eigenvalue weighted by Gasteiger charge is -2.42. The van der Waals surface area contributed by atoms with Gasteiger partial charge in [-0.1, -0.05) is 6.07 Å². The molecule has 2 aromatic rings. The summed E-state index contributed by atoms with van der Waals surface area (Å²) in [6.07, 6.45) is 1.43. The van der Waals surface area contributed by atoms with Crippen LogP contribution in [0.5, 0.6) is 5.75 Å². The second-order valence-electron chi connectivity index (χ2n) is 5.91. The first-order valence-electron chi connectivity index (χ1n) is 7.39.